The molecule has 5 aliphatic rings. The number of amides is 5. The highest BCUT2D eigenvalue weighted by Gasteiger charge is 2.43. The first kappa shape index (κ1) is 37.1. The normalized spacial score (nSPS) is 21.1. The van der Waals surface area contributed by atoms with E-state index in [2.05, 4.69) is 36.8 Å². The van der Waals surface area contributed by atoms with Gasteiger partial charge in [-0.1, -0.05) is 11.6 Å². The van der Waals surface area contributed by atoms with Gasteiger partial charge in [-0.05, 0) is 68.7 Å². The number of urea groups is 1. The van der Waals surface area contributed by atoms with Gasteiger partial charge in [0.25, 0.3) is 11.8 Å². The van der Waals surface area contributed by atoms with Crippen LogP contribution in [0.3, 0.4) is 0 Å². The molecule has 4 saturated heterocycles. The molecule has 1 aromatic carbocycles. The Hall–Kier alpha value is -4.82. The topological polar surface area (TPSA) is 176 Å². The van der Waals surface area contributed by atoms with Crippen LogP contribution in [0.2, 0.25) is 5.02 Å². The zero-order chi connectivity index (χ0) is 38.1. The Morgan fingerprint density at radius 1 is 0.982 bits per heavy atom. The van der Waals surface area contributed by atoms with Crippen molar-refractivity contribution < 1.29 is 23.9 Å². The lowest BCUT2D eigenvalue weighted by Crippen LogP contribution is -2.58. The van der Waals surface area contributed by atoms with E-state index in [4.69, 9.17) is 21.3 Å². The molecule has 0 bridgehead atoms. The fourth-order valence-electron chi connectivity index (χ4n) is 8.11. The number of thiazole rings is 1. The number of ether oxygens (including phenoxy) is 1. The van der Waals surface area contributed by atoms with Crippen LogP contribution in [0.15, 0.2) is 35.8 Å². The van der Waals surface area contributed by atoms with Crippen molar-refractivity contribution in [2.45, 2.75) is 51.0 Å². The molecule has 288 valence electrons. The molecule has 0 spiro atoms. The van der Waals surface area contributed by atoms with E-state index < -0.39 is 29.2 Å². The highest BCUT2D eigenvalue weighted by Crippen LogP contribution is 2.35. The fourth-order valence-corrected chi connectivity index (χ4v) is 9.02. The number of benzene rings is 1. The van der Waals surface area contributed by atoms with Crippen molar-refractivity contribution in [1.29, 1.82) is 5.26 Å². The van der Waals surface area contributed by atoms with Crippen LogP contribution in [0.25, 0.3) is 11.3 Å². The molecule has 0 saturated carbocycles. The largest absolute Gasteiger partial charge is 0.381 e. The van der Waals surface area contributed by atoms with E-state index in [-0.39, 0.29) is 24.1 Å². The number of halogens is 1. The summed E-state index contributed by atoms with van der Waals surface area (Å²) in [5.41, 5.74) is 2.58. The summed E-state index contributed by atoms with van der Waals surface area (Å²) in [5.74, 6) is -0.198. The molecule has 0 aliphatic carbocycles. The summed E-state index contributed by atoms with van der Waals surface area (Å²) in [6.07, 6.45) is 7.17. The van der Waals surface area contributed by atoms with E-state index in [0.29, 0.717) is 49.6 Å². The third-order valence-electron chi connectivity index (χ3n) is 11.5. The number of fused-ring (bicyclic) bond motifs is 1. The quantitative estimate of drug-likeness (QED) is 0.239. The Bertz CT molecular complexity index is 2020. The number of likely N-dealkylation sites (tertiary alicyclic amines) is 1. The predicted octanol–water partition coefficient (Wildman–Crippen LogP) is 4.84. The molecule has 0 radical (unpaired) electrons. The molecule has 17 heteroatoms. The fraction of sp³-hybridized carbons (Fsp3) is 0.500. The van der Waals surface area contributed by atoms with Gasteiger partial charge in [0.05, 0.1) is 39.9 Å². The lowest BCUT2D eigenvalue weighted by Gasteiger charge is -2.38. The Labute approximate surface area is 327 Å². The second-order valence-corrected chi connectivity index (χ2v) is 16.2. The number of rotatable bonds is 10. The van der Waals surface area contributed by atoms with Crippen LogP contribution in [0.1, 0.15) is 65.7 Å². The molecule has 0 atom stereocenters. The van der Waals surface area contributed by atoms with E-state index in [1.165, 1.54) is 11.3 Å². The Kier molecular flexibility index (Phi) is 10.6. The maximum atomic E-state index is 13.3. The van der Waals surface area contributed by atoms with Gasteiger partial charge in [0.15, 0.2) is 5.13 Å². The van der Waals surface area contributed by atoms with Crippen LogP contribution >= 0.6 is 22.9 Å². The number of hydrazine groups is 1. The number of aromatic nitrogens is 2. The lowest BCUT2D eigenvalue weighted by atomic mass is 9.82. The van der Waals surface area contributed by atoms with Gasteiger partial charge in [-0.25, -0.2) is 19.8 Å². The molecular weight excluding hydrogens is 744 g/mol. The number of pyridine rings is 1. The molecule has 4 fully saturated rings. The van der Waals surface area contributed by atoms with Crippen molar-refractivity contribution in [3.8, 4) is 17.3 Å². The van der Waals surface area contributed by atoms with Gasteiger partial charge in [-0.3, -0.25) is 19.7 Å². The minimum absolute atomic E-state index is 0.0225. The predicted molar refractivity (Wildman–Crippen MR) is 207 cm³/mol. The molecule has 8 rings (SSSR count). The van der Waals surface area contributed by atoms with Crippen molar-refractivity contribution in [1.82, 2.24) is 30.2 Å². The first-order valence-corrected chi connectivity index (χ1v) is 20.2. The number of carbonyl (C=O) groups excluding carboxylic acids is 4. The third kappa shape index (κ3) is 7.84. The molecule has 15 nitrogen and oxygen atoms in total. The first-order valence-electron chi connectivity index (χ1n) is 18.9. The molecule has 3 N–H and O–H groups in total. The average Bonchev–Trinajstić information content (AvgIpc) is 3.78. The van der Waals surface area contributed by atoms with E-state index in [0.717, 1.165) is 96.3 Å². The van der Waals surface area contributed by atoms with Gasteiger partial charge < -0.3 is 25.2 Å². The maximum absolute atomic E-state index is 13.3. The average molecular weight is 787 g/mol. The smallest absolute Gasteiger partial charge is 0.343 e. The number of anilines is 3. The van der Waals surface area contributed by atoms with Crippen LogP contribution in [0.4, 0.5) is 21.4 Å². The SMILES string of the molecule is N#CC1(CNc2nc(-c3cc(NC4CCN(CC5CCN(c6ccc7c(c6)C(=O)N(N6CCC(=O)NC6=O)C7=O)CC5)CC4)ncc3Cl)cs2)CCOCC1. The Morgan fingerprint density at radius 3 is 2.49 bits per heavy atom. The van der Waals surface area contributed by atoms with Crippen LogP contribution in [0.5, 0.6) is 0 Å². The van der Waals surface area contributed by atoms with E-state index in [9.17, 15) is 24.4 Å². The van der Waals surface area contributed by atoms with E-state index in [1.54, 1.807) is 18.3 Å². The van der Waals surface area contributed by atoms with Crippen molar-refractivity contribution >= 4 is 63.3 Å². The monoisotopic (exact) mass is 786 g/mol. The number of carbonyl (C=O) groups is 4. The molecule has 5 aliphatic heterocycles. The number of hydrogen-bond acceptors (Lipinski definition) is 13. The van der Waals surface area contributed by atoms with E-state index in [1.807, 2.05) is 17.5 Å². The molecule has 0 unspecified atom stereocenters. The minimum Gasteiger partial charge on any atom is -0.381 e. The zero-order valence-electron chi connectivity index (χ0n) is 30.4. The van der Waals surface area contributed by atoms with E-state index >= 15 is 0 Å². The van der Waals surface area contributed by atoms with Gasteiger partial charge in [0.1, 0.15) is 5.82 Å². The molecule has 7 heterocycles. The number of imide groups is 2. The molecule has 3 aromatic rings. The number of nitrogens with zero attached hydrogens (tertiary/aromatic N) is 7. The molecule has 55 heavy (non-hydrogen) atoms. The minimum atomic E-state index is -0.769. The number of hydrogen-bond donors (Lipinski definition) is 3. The van der Waals surface area contributed by atoms with Crippen LogP contribution in [-0.2, 0) is 9.53 Å². The van der Waals surface area contributed by atoms with Gasteiger partial charge in [-0.2, -0.15) is 10.3 Å². The lowest BCUT2D eigenvalue weighted by molar-refractivity contribution is -0.122. The second-order valence-electron chi connectivity index (χ2n) is 15.0. The van der Waals surface area contributed by atoms with Crippen LogP contribution in [-0.4, -0.2) is 114 Å². The standard InChI is InChI=1S/C38H43ClN10O5S/c39-30-19-41-32(18-29(30)31-21-55-36(44-31)42-23-38(22-40)8-15-54-16-9-38)43-25-5-10-46(11-6-25)20-24-3-12-47(13-4-24)26-1-2-27-28(17-26)35(52)49(34(27)51)48-14-7-33(50)45-37(48)53/h1-2,17-19,21,24-25H,3-16,20,23H2,(H,41,43)(H,42,44)(H,45,50,53). The maximum Gasteiger partial charge on any atom is 0.343 e. The van der Waals surface area contributed by atoms with Crippen molar-refractivity contribution in [2.75, 3.05) is 74.6 Å². The van der Waals surface area contributed by atoms with Crippen LogP contribution < -0.4 is 20.9 Å². The highest BCUT2D eigenvalue weighted by molar-refractivity contribution is 7.14. The molecule has 2 aromatic heterocycles. The zero-order valence-corrected chi connectivity index (χ0v) is 32.0. The summed E-state index contributed by atoms with van der Waals surface area (Å²) in [5, 5.41) is 24.1. The van der Waals surface area contributed by atoms with Crippen molar-refractivity contribution in [3.05, 3.63) is 52.0 Å². The first-order chi connectivity index (χ1) is 26.7. The molecular formula is C38H43ClN10O5S. The van der Waals surface area contributed by atoms with Gasteiger partial charge in [-0.15, -0.1) is 11.3 Å². The molecule has 5 amide bonds. The summed E-state index contributed by atoms with van der Waals surface area (Å²) in [7, 11) is 0. The summed E-state index contributed by atoms with van der Waals surface area (Å²) >= 11 is 8.09. The summed E-state index contributed by atoms with van der Waals surface area (Å²) in [4.78, 5) is 64.5. The van der Waals surface area contributed by atoms with Gasteiger partial charge in [0, 0.05) is 87.8 Å². The number of piperidine rings is 2. The Morgan fingerprint density at radius 2 is 1.75 bits per heavy atom. The van der Waals surface area contributed by atoms with Gasteiger partial charge in [0.2, 0.25) is 5.91 Å². The summed E-state index contributed by atoms with van der Waals surface area (Å²) in [6, 6.07) is 9.28. The summed E-state index contributed by atoms with van der Waals surface area (Å²) in [6.45, 7) is 6.45. The second kappa shape index (κ2) is 15.7. The number of nitrogens with one attached hydrogen (secondary N) is 3. The third-order valence-corrected chi connectivity index (χ3v) is 12.6. The van der Waals surface area contributed by atoms with Gasteiger partial charge >= 0.3 is 6.03 Å². The summed E-state index contributed by atoms with van der Waals surface area (Å²) < 4.78 is 5.45. The number of nitriles is 1. The van der Waals surface area contributed by atoms with Crippen molar-refractivity contribution in [2.24, 2.45) is 11.3 Å². The highest BCUT2D eigenvalue weighted by atomic mass is 35.5. The Balaban J connectivity index is 0.797. The van der Waals surface area contributed by atoms with Crippen molar-refractivity contribution in [3.63, 3.8) is 0 Å². The van der Waals surface area contributed by atoms with Crippen LogP contribution in [0, 0.1) is 22.7 Å².